The lowest BCUT2D eigenvalue weighted by molar-refractivity contribution is 0.103. The summed E-state index contributed by atoms with van der Waals surface area (Å²) in [5.41, 5.74) is 0.782. The summed E-state index contributed by atoms with van der Waals surface area (Å²) in [5, 5.41) is 0.583. The Morgan fingerprint density at radius 2 is 1.58 bits per heavy atom. The number of rotatable bonds is 7. The summed E-state index contributed by atoms with van der Waals surface area (Å²) >= 11 is 0. The number of hydrogen-bond donors (Lipinski definition) is 0. The van der Waals surface area contributed by atoms with Crippen LogP contribution in [0.25, 0.3) is 0 Å². The van der Waals surface area contributed by atoms with Crippen molar-refractivity contribution in [2.45, 2.75) is 13.8 Å². The molecule has 0 radical (unpaired) electrons. The van der Waals surface area contributed by atoms with Crippen molar-refractivity contribution < 1.29 is 18.8 Å². The van der Waals surface area contributed by atoms with Crippen molar-refractivity contribution in [3.8, 4) is 11.5 Å². The quantitative estimate of drug-likeness (QED) is 0.561. The summed E-state index contributed by atoms with van der Waals surface area (Å²) in [7, 11) is 1.38. The van der Waals surface area contributed by atoms with Gasteiger partial charge in [-0.25, -0.2) is 0 Å². The minimum absolute atomic E-state index is 0.244. The zero-order chi connectivity index (χ0) is 17.7. The molecular weight excluding hydrogens is 323 g/mol. The topological polar surface area (TPSA) is 52.6 Å². The molecule has 2 aromatic carbocycles. The Balaban J connectivity index is 2.54. The summed E-state index contributed by atoms with van der Waals surface area (Å²) < 4.78 is 23.3. The summed E-state index contributed by atoms with van der Waals surface area (Å²) in [6, 6.07) is 12.2. The smallest absolute Gasteiger partial charge is 0.377 e. The zero-order valence-corrected chi connectivity index (χ0v) is 15.3. The lowest BCUT2D eigenvalue weighted by atomic mass is 10.0. The second-order valence-corrected chi connectivity index (χ2v) is 7.44. The fourth-order valence-corrected chi connectivity index (χ4v) is 4.08. The van der Waals surface area contributed by atoms with E-state index in [0.717, 1.165) is 0 Å². The molecule has 24 heavy (non-hydrogen) atoms. The van der Waals surface area contributed by atoms with E-state index in [0.29, 0.717) is 34.1 Å². The highest BCUT2D eigenvalue weighted by molar-refractivity contribution is 7.53. The third-order valence-electron chi connectivity index (χ3n) is 3.60. The molecule has 5 heteroatoms. The van der Waals surface area contributed by atoms with Crippen molar-refractivity contribution in [3.05, 3.63) is 53.6 Å². The van der Waals surface area contributed by atoms with E-state index in [1.807, 2.05) is 13.8 Å². The second-order valence-electron chi connectivity index (χ2n) is 5.84. The third-order valence-corrected chi connectivity index (χ3v) is 5.59. The van der Waals surface area contributed by atoms with Crippen LogP contribution in [0.5, 0.6) is 11.5 Å². The highest BCUT2D eigenvalue weighted by Gasteiger charge is 2.30. The minimum Gasteiger partial charge on any atom is -0.496 e. The Hall–Kier alpha value is -2.19. The summed E-state index contributed by atoms with van der Waals surface area (Å²) in [5.74, 6) is 0.922. The van der Waals surface area contributed by atoms with Gasteiger partial charge in [0.2, 0.25) is 11.1 Å². The van der Waals surface area contributed by atoms with Crippen LogP contribution in [-0.4, -0.2) is 26.2 Å². The van der Waals surface area contributed by atoms with E-state index >= 15 is 0 Å². The summed E-state index contributed by atoms with van der Waals surface area (Å²) in [6.07, 6.45) is 0.544. The van der Waals surface area contributed by atoms with Gasteiger partial charge in [-0.15, -0.1) is 0 Å². The molecule has 0 aliphatic carbocycles. The van der Waals surface area contributed by atoms with E-state index in [2.05, 4.69) is 0 Å². The molecule has 0 aliphatic heterocycles. The summed E-state index contributed by atoms with van der Waals surface area (Å²) in [6.45, 7) is 4.03. The average molecular weight is 345 g/mol. The molecule has 0 aliphatic rings. The van der Waals surface area contributed by atoms with Gasteiger partial charge in [-0.05, 0) is 30.2 Å². The maximum absolute atomic E-state index is 13.1. The molecule has 0 heterocycles. The first-order valence-corrected chi connectivity index (χ1v) is 9.23. The van der Waals surface area contributed by atoms with E-state index in [9.17, 15) is 9.36 Å². The molecule has 0 fully saturated rings. The number of benzene rings is 2. The lowest BCUT2D eigenvalue weighted by Gasteiger charge is -2.12. The SMILES string of the molecule is COc1cccc(OC)c1C(=O)c1ccccc1[P+](=O)CC(C)C. The van der Waals surface area contributed by atoms with E-state index < -0.39 is 7.80 Å². The molecule has 4 nitrogen and oxygen atoms in total. The van der Waals surface area contributed by atoms with Gasteiger partial charge in [0, 0.05) is 0 Å². The van der Waals surface area contributed by atoms with Crippen LogP contribution in [0.4, 0.5) is 0 Å². The molecule has 0 saturated carbocycles. The van der Waals surface area contributed by atoms with Gasteiger partial charge in [0.05, 0.1) is 19.8 Å². The highest BCUT2D eigenvalue weighted by Crippen LogP contribution is 2.32. The van der Waals surface area contributed by atoms with Crippen LogP contribution < -0.4 is 14.8 Å². The Morgan fingerprint density at radius 3 is 2.12 bits per heavy atom. The van der Waals surface area contributed by atoms with E-state index in [1.54, 1.807) is 42.5 Å². The largest absolute Gasteiger partial charge is 0.496 e. The Morgan fingerprint density at radius 1 is 1.00 bits per heavy atom. The van der Waals surface area contributed by atoms with Gasteiger partial charge in [-0.1, -0.05) is 36.6 Å². The first-order valence-electron chi connectivity index (χ1n) is 7.79. The molecule has 0 saturated heterocycles. The van der Waals surface area contributed by atoms with Crippen LogP contribution in [0, 0.1) is 5.92 Å². The van der Waals surface area contributed by atoms with Gasteiger partial charge in [0.1, 0.15) is 17.1 Å². The van der Waals surface area contributed by atoms with Crippen molar-refractivity contribution in [1.29, 1.82) is 0 Å². The number of ether oxygens (including phenoxy) is 2. The Bertz CT molecular complexity index is 731. The van der Waals surface area contributed by atoms with Gasteiger partial charge in [-0.2, -0.15) is 0 Å². The molecule has 0 aromatic heterocycles. The molecule has 0 bridgehead atoms. The van der Waals surface area contributed by atoms with Crippen LogP contribution in [0.15, 0.2) is 42.5 Å². The monoisotopic (exact) mass is 345 g/mol. The van der Waals surface area contributed by atoms with Crippen molar-refractivity contribution in [3.63, 3.8) is 0 Å². The van der Waals surface area contributed by atoms with Gasteiger partial charge < -0.3 is 9.47 Å². The highest BCUT2D eigenvalue weighted by atomic mass is 31.1. The van der Waals surface area contributed by atoms with E-state index in [4.69, 9.17) is 9.47 Å². The van der Waals surface area contributed by atoms with Crippen LogP contribution in [0.1, 0.15) is 29.8 Å². The van der Waals surface area contributed by atoms with E-state index in [1.165, 1.54) is 14.2 Å². The number of ketones is 1. The zero-order valence-electron chi connectivity index (χ0n) is 14.4. The van der Waals surface area contributed by atoms with Gasteiger partial charge >= 0.3 is 7.80 Å². The third kappa shape index (κ3) is 3.82. The van der Waals surface area contributed by atoms with Gasteiger partial charge in [0.25, 0.3) is 0 Å². The Kier molecular flexibility index (Phi) is 6.10. The molecule has 2 rings (SSSR count). The predicted molar refractivity (Wildman–Crippen MR) is 96.4 cm³/mol. The van der Waals surface area contributed by atoms with Crippen LogP contribution in [0.3, 0.4) is 0 Å². The Labute approximate surface area is 143 Å². The number of methoxy groups -OCH3 is 2. The summed E-state index contributed by atoms with van der Waals surface area (Å²) in [4.78, 5) is 13.1. The van der Waals surface area contributed by atoms with Crippen LogP contribution >= 0.6 is 7.80 Å². The maximum atomic E-state index is 13.1. The average Bonchev–Trinajstić information content (AvgIpc) is 2.59. The first-order chi connectivity index (χ1) is 11.5. The van der Waals surface area contributed by atoms with Crippen LogP contribution in [-0.2, 0) is 4.57 Å². The van der Waals surface area contributed by atoms with Crippen molar-refractivity contribution in [2.24, 2.45) is 5.92 Å². The maximum Gasteiger partial charge on any atom is 0.377 e. The molecule has 1 atom stereocenters. The van der Waals surface area contributed by atoms with E-state index in [-0.39, 0.29) is 11.7 Å². The van der Waals surface area contributed by atoms with Gasteiger partial charge in [-0.3, -0.25) is 4.79 Å². The van der Waals surface area contributed by atoms with Crippen molar-refractivity contribution in [1.82, 2.24) is 0 Å². The lowest BCUT2D eigenvalue weighted by Crippen LogP contribution is -2.16. The molecule has 0 spiro atoms. The second kappa shape index (κ2) is 8.07. The normalized spacial score (nSPS) is 11.3. The number of hydrogen-bond acceptors (Lipinski definition) is 4. The fourth-order valence-electron chi connectivity index (χ4n) is 2.52. The number of carbonyl (C=O) groups excluding carboxylic acids is 1. The molecule has 1 unspecified atom stereocenters. The van der Waals surface area contributed by atoms with Crippen LogP contribution in [0.2, 0.25) is 0 Å². The first kappa shape index (κ1) is 18.2. The fraction of sp³-hybridized carbons (Fsp3) is 0.316. The number of carbonyl (C=O) groups is 1. The molecular formula is C19H22O4P+. The van der Waals surface area contributed by atoms with Gasteiger partial charge in [0.15, 0.2) is 6.16 Å². The standard InChI is InChI=1S/C19H22O4P/c1-13(2)12-24(21)17-11-6-5-8-14(17)19(20)18-15(22-3)9-7-10-16(18)23-4/h5-11,13H,12H2,1-4H3/q+1. The molecule has 2 aromatic rings. The predicted octanol–water partition coefficient (Wildman–Crippen LogP) is 4.04. The molecule has 0 amide bonds. The minimum atomic E-state index is -1.64. The van der Waals surface area contributed by atoms with Crippen molar-refractivity contribution in [2.75, 3.05) is 20.4 Å². The molecule has 0 N–H and O–H groups in total. The molecule has 126 valence electrons. The van der Waals surface area contributed by atoms with Crippen molar-refractivity contribution >= 4 is 18.9 Å².